The van der Waals surface area contributed by atoms with E-state index in [4.69, 9.17) is 9.47 Å². The number of thiophene rings is 1. The van der Waals surface area contributed by atoms with Gasteiger partial charge in [-0.15, -0.1) is 11.3 Å². The maximum Gasteiger partial charge on any atom is 0.348 e. The molecular formula is C23H30N4O5S. The predicted molar refractivity (Wildman–Crippen MR) is 129 cm³/mol. The van der Waals surface area contributed by atoms with Crippen molar-refractivity contribution in [1.29, 1.82) is 0 Å². The highest BCUT2D eigenvalue weighted by Gasteiger charge is 2.17. The van der Waals surface area contributed by atoms with Crippen molar-refractivity contribution >= 4 is 45.5 Å². The van der Waals surface area contributed by atoms with E-state index >= 15 is 0 Å². The third kappa shape index (κ3) is 7.28. The van der Waals surface area contributed by atoms with Gasteiger partial charge in [-0.2, -0.15) is 0 Å². The number of aryl methyl sites for hydroxylation is 1. The van der Waals surface area contributed by atoms with E-state index in [1.807, 2.05) is 24.3 Å². The van der Waals surface area contributed by atoms with Gasteiger partial charge in [0, 0.05) is 24.5 Å². The number of amides is 2. The number of hydrogen-bond acceptors (Lipinski definition) is 8. The lowest BCUT2D eigenvalue weighted by Gasteiger charge is -2.28. The largest absolute Gasteiger partial charge is 0.462 e. The van der Waals surface area contributed by atoms with Crippen molar-refractivity contribution in [3.63, 3.8) is 0 Å². The highest BCUT2D eigenvalue weighted by molar-refractivity contribution is 7.18. The normalized spacial score (nSPS) is 13.6. The highest BCUT2D eigenvalue weighted by atomic mass is 32.1. The van der Waals surface area contributed by atoms with E-state index < -0.39 is 5.97 Å². The van der Waals surface area contributed by atoms with Crippen molar-refractivity contribution in [1.82, 2.24) is 4.90 Å². The summed E-state index contributed by atoms with van der Waals surface area (Å²) in [6.45, 7) is 7.09. The maximum atomic E-state index is 12.4. The van der Waals surface area contributed by atoms with Crippen LogP contribution in [-0.4, -0.2) is 75.7 Å². The van der Waals surface area contributed by atoms with Crippen LogP contribution in [0.4, 0.5) is 16.4 Å². The molecule has 2 aromatic rings. The molecule has 33 heavy (non-hydrogen) atoms. The third-order valence-electron chi connectivity index (χ3n) is 5.00. The fourth-order valence-corrected chi connectivity index (χ4v) is 4.43. The minimum Gasteiger partial charge on any atom is -0.462 e. The maximum absolute atomic E-state index is 12.4. The second-order valence-electron chi connectivity index (χ2n) is 7.76. The Hall–Kier alpha value is -2.95. The Balaban J connectivity index is 1.44. The molecule has 2 N–H and O–H groups in total. The number of benzene rings is 1. The van der Waals surface area contributed by atoms with Crippen LogP contribution in [0, 0.1) is 6.92 Å². The van der Waals surface area contributed by atoms with Gasteiger partial charge in [-0.3, -0.25) is 14.5 Å². The summed E-state index contributed by atoms with van der Waals surface area (Å²) in [6, 6.07) is 9.44. The van der Waals surface area contributed by atoms with Gasteiger partial charge in [-0.25, -0.2) is 4.79 Å². The first-order valence-corrected chi connectivity index (χ1v) is 11.7. The Morgan fingerprint density at radius 3 is 2.36 bits per heavy atom. The van der Waals surface area contributed by atoms with Crippen molar-refractivity contribution in [2.24, 2.45) is 0 Å². The van der Waals surface area contributed by atoms with Gasteiger partial charge < -0.3 is 25.0 Å². The summed E-state index contributed by atoms with van der Waals surface area (Å²) >= 11 is 1.18. The number of nitrogens with one attached hydrogen (secondary N) is 2. The van der Waals surface area contributed by atoms with E-state index in [0.29, 0.717) is 22.2 Å². The summed E-state index contributed by atoms with van der Waals surface area (Å²) in [4.78, 5) is 41.0. The van der Waals surface area contributed by atoms with Crippen LogP contribution in [0.3, 0.4) is 0 Å². The van der Waals surface area contributed by atoms with Gasteiger partial charge in [-0.1, -0.05) is 0 Å². The minimum absolute atomic E-state index is 0.0368. The number of anilines is 3. The monoisotopic (exact) mass is 474 g/mol. The van der Waals surface area contributed by atoms with Crippen molar-refractivity contribution in [3.8, 4) is 0 Å². The molecule has 10 heteroatoms. The molecule has 0 spiro atoms. The van der Waals surface area contributed by atoms with Gasteiger partial charge in [-0.05, 0) is 56.8 Å². The number of ether oxygens (including phenoxy) is 2. The van der Waals surface area contributed by atoms with Crippen LogP contribution in [0.5, 0.6) is 0 Å². The van der Waals surface area contributed by atoms with Gasteiger partial charge in [0.25, 0.3) is 0 Å². The van der Waals surface area contributed by atoms with Gasteiger partial charge in [0.2, 0.25) is 11.8 Å². The van der Waals surface area contributed by atoms with Crippen LogP contribution in [0.15, 0.2) is 30.3 Å². The molecule has 1 aromatic carbocycles. The zero-order chi connectivity index (χ0) is 23.8. The number of carbonyl (C=O) groups excluding carboxylic acids is 3. The quantitative estimate of drug-likeness (QED) is 0.539. The lowest BCUT2D eigenvalue weighted by Crippen LogP contribution is -2.36. The van der Waals surface area contributed by atoms with E-state index in [1.54, 1.807) is 31.9 Å². The third-order valence-corrected chi connectivity index (χ3v) is 6.13. The van der Waals surface area contributed by atoms with Crippen molar-refractivity contribution in [3.05, 3.63) is 40.8 Å². The number of esters is 1. The predicted octanol–water partition coefficient (Wildman–Crippen LogP) is 2.58. The molecule has 178 valence electrons. The lowest BCUT2D eigenvalue weighted by molar-refractivity contribution is -0.119. The number of hydrogen-bond donors (Lipinski definition) is 2. The standard InChI is InChI=1S/C23H30N4O5S/c1-4-32-23(30)22-16(2)13-21(33-22)25-20(29)15-26(3)14-19(28)24-17-5-7-18(8-6-17)27-9-11-31-12-10-27/h5-8,13H,4,9-12,14-15H2,1-3H3,(H,24,28)(H,25,29). The molecule has 2 heterocycles. The molecule has 0 unspecified atom stereocenters. The molecule has 1 aromatic heterocycles. The topological polar surface area (TPSA) is 100 Å². The zero-order valence-corrected chi connectivity index (χ0v) is 20.0. The smallest absolute Gasteiger partial charge is 0.348 e. The molecule has 3 rings (SSSR count). The number of likely N-dealkylation sites (N-methyl/N-ethyl adjacent to an activating group) is 1. The zero-order valence-electron chi connectivity index (χ0n) is 19.2. The molecule has 0 bridgehead atoms. The summed E-state index contributed by atoms with van der Waals surface area (Å²) in [5, 5.41) is 6.20. The van der Waals surface area contributed by atoms with Crippen LogP contribution >= 0.6 is 11.3 Å². The number of carbonyl (C=O) groups is 3. The molecular weight excluding hydrogens is 444 g/mol. The molecule has 9 nitrogen and oxygen atoms in total. The highest BCUT2D eigenvalue weighted by Crippen LogP contribution is 2.27. The molecule has 1 saturated heterocycles. The van der Waals surface area contributed by atoms with Crippen LogP contribution in [-0.2, 0) is 19.1 Å². The Kier molecular flexibility index (Phi) is 8.81. The van der Waals surface area contributed by atoms with Crippen LogP contribution in [0.25, 0.3) is 0 Å². The van der Waals surface area contributed by atoms with E-state index in [9.17, 15) is 14.4 Å². The van der Waals surface area contributed by atoms with Gasteiger partial charge in [0.15, 0.2) is 0 Å². The van der Waals surface area contributed by atoms with E-state index in [1.165, 1.54) is 11.3 Å². The SMILES string of the molecule is CCOC(=O)c1sc(NC(=O)CN(C)CC(=O)Nc2ccc(N3CCOCC3)cc2)cc1C. The van der Waals surface area contributed by atoms with Crippen molar-refractivity contribution in [2.75, 3.05) is 68.6 Å². The van der Waals surface area contributed by atoms with Crippen molar-refractivity contribution in [2.45, 2.75) is 13.8 Å². The molecule has 0 radical (unpaired) electrons. The molecule has 1 aliphatic heterocycles. The molecule has 0 atom stereocenters. The van der Waals surface area contributed by atoms with Crippen LogP contribution in [0.2, 0.25) is 0 Å². The fourth-order valence-electron chi connectivity index (χ4n) is 3.44. The first-order valence-electron chi connectivity index (χ1n) is 10.8. The summed E-state index contributed by atoms with van der Waals surface area (Å²) in [5.41, 5.74) is 2.55. The van der Waals surface area contributed by atoms with E-state index in [-0.39, 0.29) is 24.9 Å². The number of rotatable bonds is 9. The Morgan fingerprint density at radius 1 is 1.09 bits per heavy atom. The van der Waals surface area contributed by atoms with Gasteiger partial charge in [0.1, 0.15) is 4.88 Å². The van der Waals surface area contributed by atoms with Crippen LogP contribution < -0.4 is 15.5 Å². The minimum atomic E-state index is -0.396. The lowest BCUT2D eigenvalue weighted by atomic mass is 10.2. The van der Waals surface area contributed by atoms with E-state index in [2.05, 4.69) is 15.5 Å². The Bertz CT molecular complexity index is 970. The Morgan fingerprint density at radius 2 is 1.73 bits per heavy atom. The van der Waals surface area contributed by atoms with Gasteiger partial charge in [0.05, 0.1) is 37.9 Å². The molecule has 0 saturated carbocycles. The second-order valence-corrected chi connectivity index (χ2v) is 8.81. The number of morpholine rings is 1. The first-order chi connectivity index (χ1) is 15.9. The fraction of sp³-hybridized carbons (Fsp3) is 0.435. The molecule has 2 amide bonds. The summed E-state index contributed by atoms with van der Waals surface area (Å²) in [5.74, 6) is -0.870. The van der Waals surface area contributed by atoms with E-state index in [0.717, 1.165) is 37.6 Å². The average molecular weight is 475 g/mol. The van der Waals surface area contributed by atoms with Crippen LogP contribution in [0.1, 0.15) is 22.2 Å². The molecule has 1 fully saturated rings. The summed E-state index contributed by atoms with van der Waals surface area (Å²) in [7, 11) is 1.70. The first kappa shape index (κ1) is 24.7. The average Bonchev–Trinajstić information content (AvgIpc) is 3.14. The Labute approximate surface area is 197 Å². The molecule has 0 aliphatic carbocycles. The summed E-state index contributed by atoms with van der Waals surface area (Å²) in [6.07, 6.45) is 0. The summed E-state index contributed by atoms with van der Waals surface area (Å²) < 4.78 is 10.4. The van der Waals surface area contributed by atoms with Gasteiger partial charge >= 0.3 is 5.97 Å². The van der Waals surface area contributed by atoms with Crippen molar-refractivity contribution < 1.29 is 23.9 Å². The second kappa shape index (κ2) is 11.8. The number of nitrogens with zero attached hydrogens (tertiary/aromatic N) is 2. The molecule has 1 aliphatic rings.